The van der Waals surface area contributed by atoms with Crippen LogP contribution < -0.4 is 0 Å². The van der Waals surface area contributed by atoms with Crippen LogP contribution in [0.5, 0.6) is 0 Å². The zero-order valence-electron chi connectivity index (χ0n) is 10.5. The summed E-state index contributed by atoms with van der Waals surface area (Å²) < 4.78 is 17.0. The van der Waals surface area contributed by atoms with E-state index in [4.69, 9.17) is 13.3 Å². The third-order valence-electron chi connectivity index (χ3n) is 1.71. The number of hydrogen-bond donors (Lipinski definition) is 0. The fourth-order valence-electron chi connectivity index (χ4n) is 0.987. The highest BCUT2D eigenvalue weighted by Gasteiger charge is 2.33. The Labute approximate surface area is 94.6 Å². The zero-order valence-corrected chi connectivity index (χ0v) is 11.5. The van der Waals surface area contributed by atoms with E-state index < -0.39 is 8.80 Å². The maximum absolute atomic E-state index is 5.68. The lowest BCUT2D eigenvalue weighted by molar-refractivity contribution is 0.0658. The summed E-state index contributed by atoms with van der Waals surface area (Å²) in [6.45, 7) is 10.5. The van der Waals surface area contributed by atoms with Crippen molar-refractivity contribution in [2.45, 2.75) is 46.6 Å². The standard InChI is InChI=1S/C10H24O3Si.H2O/c1-5-8-11-14(4,12-9-6-2)13-10-7-3;/h5-10H2,1-4H3;1H2. The van der Waals surface area contributed by atoms with Gasteiger partial charge in [0.05, 0.1) is 0 Å². The van der Waals surface area contributed by atoms with Gasteiger partial charge in [0.15, 0.2) is 0 Å². The van der Waals surface area contributed by atoms with E-state index in [1.54, 1.807) is 0 Å². The molecule has 94 valence electrons. The van der Waals surface area contributed by atoms with Gasteiger partial charge >= 0.3 is 8.80 Å². The Kier molecular flexibility index (Phi) is 12.3. The molecule has 0 aliphatic heterocycles. The molecule has 0 aromatic carbocycles. The van der Waals surface area contributed by atoms with Crippen molar-refractivity contribution in [3.8, 4) is 0 Å². The maximum Gasteiger partial charge on any atom is 0.497 e. The molecule has 0 fully saturated rings. The second kappa shape index (κ2) is 10.6. The van der Waals surface area contributed by atoms with Gasteiger partial charge in [-0.2, -0.15) is 0 Å². The summed E-state index contributed by atoms with van der Waals surface area (Å²) >= 11 is 0. The summed E-state index contributed by atoms with van der Waals surface area (Å²) in [7, 11) is -2.31. The predicted octanol–water partition coefficient (Wildman–Crippen LogP) is 2.01. The average Bonchev–Trinajstić information content (AvgIpc) is 2.21. The molecule has 0 atom stereocenters. The van der Waals surface area contributed by atoms with Gasteiger partial charge in [-0.15, -0.1) is 0 Å². The van der Waals surface area contributed by atoms with Crippen LogP contribution >= 0.6 is 0 Å². The minimum Gasteiger partial charge on any atom is -0.412 e. The van der Waals surface area contributed by atoms with Gasteiger partial charge in [-0.3, -0.25) is 0 Å². The molecule has 0 aliphatic carbocycles. The minimum atomic E-state index is -2.31. The Morgan fingerprint density at radius 2 is 1.00 bits per heavy atom. The van der Waals surface area contributed by atoms with Crippen LogP contribution in [-0.2, 0) is 13.3 Å². The van der Waals surface area contributed by atoms with Crippen molar-refractivity contribution >= 4 is 8.80 Å². The third-order valence-corrected chi connectivity index (χ3v) is 3.89. The molecule has 4 nitrogen and oxygen atoms in total. The van der Waals surface area contributed by atoms with Crippen LogP contribution in [0.3, 0.4) is 0 Å². The first-order valence-electron chi connectivity index (χ1n) is 5.60. The second-order valence-electron chi connectivity index (χ2n) is 3.41. The smallest absolute Gasteiger partial charge is 0.412 e. The molecule has 0 aromatic heterocycles. The molecular weight excluding hydrogens is 212 g/mol. The van der Waals surface area contributed by atoms with Crippen LogP contribution in [0.2, 0.25) is 6.55 Å². The van der Waals surface area contributed by atoms with Gasteiger partial charge in [-0.1, -0.05) is 20.8 Å². The Morgan fingerprint density at radius 3 is 1.20 bits per heavy atom. The van der Waals surface area contributed by atoms with Gasteiger partial charge in [0, 0.05) is 26.4 Å². The molecule has 0 aromatic rings. The predicted molar refractivity (Wildman–Crippen MR) is 64.0 cm³/mol. The van der Waals surface area contributed by atoms with Crippen molar-refractivity contribution in [1.82, 2.24) is 0 Å². The Hall–Kier alpha value is 0.0569. The maximum atomic E-state index is 5.68. The molecule has 0 unspecified atom stereocenters. The van der Waals surface area contributed by atoms with Gasteiger partial charge in [0.1, 0.15) is 0 Å². The van der Waals surface area contributed by atoms with E-state index in [0.29, 0.717) is 0 Å². The molecule has 0 radical (unpaired) electrons. The van der Waals surface area contributed by atoms with Crippen molar-refractivity contribution in [3.63, 3.8) is 0 Å². The van der Waals surface area contributed by atoms with Crippen molar-refractivity contribution in [2.24, 2.45) is 0 Å². The first-order chi connectivity index (χ1) is 6.68. The van der Waals surface area contributed by atoms with Gasteiger partial charge in [-0.05, 0) is 19.3 Å². The van der Waals surface area contributed by atoms with Crippen LogP contribution in [0, 0.1) is 0 Å². The van der Waals surface area contributed by atoms with E-state index in [1.165, 1.54) is 0 Å². The largest absolute Gasteiger partial charge is 0.497 e. The lowest BCUT2D eigenvalue weighted by Crippen LogP contribution is -2.43. The Bertz CT molecular complexity index is 111. The molecule has 0 saturated carbocycles. The molecule has 2 N–H and O–H groups in total. The average molecular weight is 238 g/mol. The van der Waals surface area contributed by atoms with Crippen molar-refractivity contribution in [2.75, 3.05) is 19.8 Å². The van der Waals surface area contributed by atoms with Crippen LogP contribution in [0.15, 0.2) is 0 Å². The zero-order chi connectivity index (χ0) is 10.9. The van der Waals surface area contributed by atoms with Gasteiger partial charge < -0.3 is 18.8 Å². The lowest BCUT2D eigenvalue weighted by Gasteiger charge is -2.25. The highest BCUT2D eigenvalue weighted by atomic mass is 28.4. The first kappa shape index (κ1) is 17.5. The van der Waals surface area contributed by atoms with E-state index in [2.05, 4.69) is 20.8 Å². The summed E-state index contributed by atoms with van der Waals surface area (Å²) in [5, 5.41) is 0. The topological polar surface area (TPSA) is 59.2 Å². The Balaban J connectivity index is 0. The van der Waals surface area contributed by atoms with E-state index in [-0.39, 0.29) is 5.48 Å². The van der Waals surface area contributed by atoms with Gasteiger partial charge in [-0.25, -0.2) is 0 Å². The van der Waals surface area contributed by atoms with E-state index in [0.717, 1.165) is 39.1 Å². The number of rotatable bonds is 9. The molecular formula is C10H26O4Si. The van der Waals surface area contributed by atoms with Gasteiger partial charge in [0.25, 0.3) is 0 Å². The van der Waals surface area contributed by atoms with Crippen LogP contribution in [-0.4, -0.2) is 34.1 Å². The molecule has 0 amide bonds. The minimum absolute atomic E-state index is 0. The molecule has 0 saturated heterocycles. The molecule has 0 aliphatic rings. The number of hydrogen-bond acceptors (Lipinski definition) is 3. The third kappa shape index (κ3) is 9.01. The first-order valence-corrected chi connectivity index (χ1v) is 7.82. The summed E-state index contributed by atoms with van der Waals surface area (Å²) in [5.41, 5.74) is 0. The molecule has 15 heavy (non-hydrogen) atoms. The lowest BCUT2D eigenvalue weighted by atomic mass is 10.5. The van der Waals surface area contributed by atoms with E-state index in [1.807, 2.05) is 6.55 Å². The highest BCUT2D eigenvalue weighted by Crippen LogP contribution is 2.10. The van der Waals surface area contributed by atoms with Crippen molar-refractivity contribution in [3.05, 3.63) is 0 Å². The summed E-state index contributed by atoms with van der Waals surface area (Å²) in [6.07, 6.45) is 3.02. The second-order valence-corrected chi connectivity index (χ2v) is 6.00. The molecule has 0 rings (SSSR count). The monoisotopic (exact) mass is 238 g/mol. The molecule has 5 heteroatoms. The molecule has 0 spiro atoms. The normalized spacial score (nSPS) is 11.2. The van der Waals surface area contributed by atoms with Crippen LogP contribution in [0.25, 0.3) is 0 Å². The van der Waals surface area contributed by atoms with Crippen LogP contribution in [0.1, 0.15) is 40.0 Å². The van der Waals surface area contributed by atoms with Crippen molar-refractivity contribution in [1.29, 1.82) is 0 Å². The fraction of sp³-hybridized carbons (Fsp3) is 1.00. The summed E-state index contributed by atoms with van der Waals surface area (Å²) in [6, 6.07) is 0. The van der Waals surface area contributed by atoms with Crippen molar-refractivity contribution < 1.29 is 18.8 Å². The summed E-state index contributed by atoms with van der Waals surface area (Å²) in [4.78, 5) is 0. The summed E-state index contributed by atoms with van der Waals surface area (Å²) in [5.74, 6) is 0. The molecule has 0 bridgehead atoms. The SMILES string of the molecule is CCCO[Si](C)(OCCC)OCCC.O. The highest BCUT2D eigenvalue weighted by molar-refractivity contribution is 6.59. The molecule has 0 heterocycles. The Morgan fingerprint density at radius 1 is 0.733 bits per heavy atom. The fourth-order valence-corrected chi connectivity index (χ4v) is 2.96. The van der Waals surface area contributed by atoms with E-state index in [9.17, 15) is 0 Å². The van der Waals surface area contributed by atoms with Gasteiger partial charge in [0.2, 0.25) is 0 Å². The quantitative estimate of drug-likeness (QED) is 0.577. The van der Waals surface area contributed by atoms with Crippen LogP contribution in [0.4, 0.5) is 0 Å². The van der Waals surface area contributed by atoms with E-state index >= 15 is 0 Å².